The van der Waals surface area contributed by atoms with Crippen LogP contribution in [0.5, 0.6) is 0 Å². The molecule has 3 fully saturated rings. The van der Waals surface area contributed by atoms with Crippen molar-refractivity contribution in [1.82, 2.24) is 10.2 Å². The zero-order valence-electron chi connectivity index (χ0n) is 22.0. The first-order valence-electron chi connectivity index (χ1n) is 13.1. The van der Waals surface area contributed by atoms with Gasteiger partial charge in [-0.15, -0.1) is 0 Å². The quantitative estimate of drug-likeness (QED) is 0.623. The number of carbonyl (C=O) groups is 2. The van der Waals surface area contributed by atoms with Crippen LogP contribution in [0.15, 0.2) is 0 Å². The van der Waals surface area contributed by atoms with Crippen LogP contribution >= 0.6 is 0 Å². The third-order valence-corrected chi connectivity index (χ3v) is 8.98. The molecule has 190 valence electrons. The summed E-state index contributed by atoms with van der Waals surface area (Å²) in [6.07, 6.45) is 5.89. The Morgan fingerprint density at radius 3 is 2.52 bits per heavy atom. The molecule has 3 aliphatic rings. The Labute approximate surface area is 201 Å². The number of nitrogens with zero attached hydrogens (tertiary/aromatic N) is 1. The Balaban J connectivity index is 1.71. The highest BCUT2D eigenvalue weighted by Crippen LogP contribution is 2.55. The normalized spacial score (nSPS) is 38.0. The molecule has 0 spiro atoms. The van der Waals surface area contributed by atoms with Crippen molar-refractivity contribution in [3.63, 3.8) is 0 Å². The van der Waals surface area contributed by atoms with Gasteiger partial charge in [-0.2, -0.15) is 0 Å². The number of hydrogen-bond acceptors (Lipinski definition) is 4. The lowest BCUT2D eigenvalue weighted by atomic mass is 9.51. The van der Waals surface area contributed by atoms with E-state index in [1.165, 1.54) is 0 Å². The summed E-state index contributed by atoms with van der Waals surface area (Å²) in [4.78, 5) is 28.1. The summed E-state index contributed by atoms with van der Waals surface area (Å²) >= 11 is 0. The maximum Gasteiger partial charge on any atom is 0.226 e. The topological polar surface area (TPSA) is 78.9 Å². The summed E-state index contributed by atoms with van der Waals surface area (Å²) in [5.74, 6) is 0.303. The number of ether oxygens (including phenoxy) is 1. The van der Waals surface area contributed by atoms with Crippen molar-refractivity contribution in [3.05, 3.63) is 0 Å². The average molecular weight is 465 g/mol. The second kappa shape index (κ2) is 10.2. The fourth-order valence-electron chi connectivity index (χ4n) is 7.17. The van der Waals surface area contributed by atoms with E-state index in [2.05, 4.69) is 39.9 Å². The first kappa shape index (κ1) is 26.5. The molecule has 1 aliphatic heterocycles. The van der Waals surface area contributed by atoms with Crippen LogP contribution in [0, 0.1) is 34.5 Å². The monoisotopic (exact) mass is 464 g/mol. The van der Waals surface area contributed by atoms with E-state index in [-0.39, 0.29) is 58.4 Å². The Bertz CT molecular complexity index is 705. The maximum absolute atomic E-state index is 13.4. The number of rotatable bonds is 6. The number of aliphatic hydroxyl groups excluding tert-OH is 1. The lowest BCUT2D eigenvalue weighted by Gasteiger charge is -2.56. The molecule has 1 saturated heterocycles. The van der Waals surface area contributed by atoms with E-state index in [1.807, 2.05) is 11.8 Å². The van der Waals surface area contributed by atoms with Gasteiger partial charge in [0.1, 0.15) is 0 Å². The highest BCUT2D eigenvalue weighted by Gasteiger charge is 2.54. The molecule has 6 heteroatoms. The van der Waals surface area contributed by atoms with E-state index >= 15 is 0 Å². The van der Waals surface area contributed by atoms with E-state index in [0.717, 1.165) is 45.1 Å². The predicted octanol–water partition coefficient (Wildman–Crippen LogP) is 4.00. The van der Waals surface area contributed by atoms with Crippen molar-refractivity contribution < 1.29 is 19.4 Å². The smallest absolute Gasteiger partial charge is 0.226 e. The first-order chi connectivity index (χ1) is 15.4. The van der Waals surface area contributed by atoms with E-state index < -0.39 is 6.10 Å². The Morgan fingerprint density at radius 2 is 1.88 bits per heavy atom. The van der Waals surface area contributed by atoms with Gasteiger partial charge in [-0.05, 0) is 67.1 Å². The Kier molecular flexibility index (Phi) is 8.20. The van der Waals surface area contributed by atoms with Gasteiger partial charge < -0.3 is 20.1 Å². The molecule has 0 aromatic heterocycles. The molecule has 6 nitrogen and oxygen atoms in total. The van der Waals surface area contributed by atoms with Crippen molar-refractivity contribution in [2.45, 2.75) is 105 Å². The van der Waals surface area contributed by atoms with Gasteiger partial charge in [-0.25, -0.2) is 0 Å². The summed E-state index contributed by atoms with van der Waals surface area (Å²) in [6, 6.07) is 0.244. The summed E-state index contributed by atoms with van der Waals surface area (Å²) in [5.41, 5.74) is 0.0214. The number of methoxy groups -OCH3 is 1. The lowest BCUT2D eigenvalue weighted by molar-refractivity contribution is -0.152. The van der Waals surface area contributed by atoms with Crippen molar-refractivity contribution in [3.8, 4) is 0 Å². The van der Waals surface area contributed by atoms with E-state index in [9.17, 15) is 14.7 Å². The molecular weight excluding hydrogens is 416 g/mol. The predicted molar refractivity (Wildman–Crippen MR) is 131 cm³/mol. The summed E-state index contributed by atoms with van der Waals surface area (Å²) in [7, 11) is 1.69. The van der Waals surface area contributed by atoms with Crippen LogP contribution < -0.4 is 5.32 Å². The zero-order chi connectivity index (χ0) is 24.6. The number of aliphatic hydroxyl groups is 1. The molecule has 3 rings (SSSR count). The molecule has 0 radical (unpaired) electrons. The molecule has 0 aromatic carbocycles. The summed E-state index contributed by atoms with van der Waals surface area (Å²) in [5, 5.41) is 14.9. The largest absolute Gasteiger partial charge is 0.392 e. The SMILES string of the molecule is COCC1CCCN1C(=O)C(C)C1CCC2(C)CCC(NC(=O)CC(C)(C)C)C(C)C2C1O. The van der Waals surface area contributed by atoms with Gasteiger partial charge in [0, 0.05) is 32.0 Å². The number of amides is 2. The fourth-order valence-corrected chi connectivity index (χ4v) is 7.17. The van der Waals surface area contributed by atoms with Gasteiger partial charge in [0.15, 0.2) is 0 Å². The van der Waals surface area contributed by atoms with Gasteiger partial charge in [-0.1, -0.05) is 41.5 Å². The van der Waals surface area contributed by atoms with Crippen molar-refractivity contribution >= 4 is 11.8 Å². The zero-order valence-corrected chi connectivity index (χ0v) is 22.0. The summed E-state index contributed by atoms with van der Waals surface area (Å²) < 4.78 is 5.35. The van der Waals surface area contributed by atoms with Gasteiger partial charge in [0.05, 0.1) is 18.8 Å². The molecule has 1 heterocycles. The molecule has 2 N–H and O–H groups in total. The van der Waals surface area contributed by atoms with E-state index in [4.69, 9.17) is 4.74 Å². The van der Waals surface area contributed by atoms with Gasteiger partial charge >= 0.3 is 0 Å². The number of fused-ring (bicyclic) bond motifs is 1. The second-order valence-electron chi connectivity index (χ2n) is 12.8. The van der Waals surface area contributed by atoms with Gasteiger partial charge in [0.2, 0.25) is 11.8 Å². The standard InChI is InChI=1S/C27H48N2O4/c1-17(25(32)29-14-8-9-19(29)16-33-7)20-10-12-27(6)13-11-21(18(2)23(27)24(20)31)28-22(30)15-26(3,4)5/h17-21,23-24,31H,8-16H2,1-7H3,(H,28,30). The first-order valence-corrected chi connectivity index (χ1v) is 13.1. The molecule has 0 bridgehead atoms. The van der Waals surface area contributed by atoms with Crippen molar-refractivity contribution in [1.29, 1.82) is 0 Å². The number of nitrogens with one attached hydrogen (secondary N) is 1. The third kappa shape index (κ3) is 5.75. The number of carbonyl (C=O) groups excluding carboxylic acids is 2. The number of likely N-dealkylation sites (tertiary alicyclic amines) is 1. The highest BCUT2D eigenvalue weighted by atomic mass is 16.5. The summed E-state index contributed by atoms with van der Waals surface area (Å²) in [6.45, 7) is 14.1. The maximum atomic E-state index is 13.4. The van der Waals surface area contributed by atoms with Crippen LogP contribution in [0.2, 0.25) is 0 Å². The van der Waals surface area contributed by atoms with Crippen molar-refractivity contribution in [2.24, 2.45) is 34.5 Å². The van der Waals surface area contributed by atoms with Crippen LogP contribution in [0.3, 0.4) is 0 Å². The van der Waals surface area contributed by atoms with Gasteiger partial charge in [0.25, 0.3) is 0 Å². The molecule has 33 heavy (non-hydrogen) atoms. The molecular formula is C27H48N2O4. The molecule has 8 unspecified atom stereocenters. The minimum atomic E-state index is -0.525. The van der Waals surface area contributed by atoms with E-state index in [0.29, 0.717) is 13.0 Å². The molecule has 2 saturated carbocycles. The van der Waals surface area contributed by atoms with Gasteiger partial charge in [-0.3, -0.25) is 9.59 Å². The van der Waals surface area contributed by atoms with Crippen molar-refractivity contribution in [2.75, 3.05) is 20.3 Å². The minimum Gasteiger partial charge on any atom is -0.392 e. The fraction of sp³-hybridized carbons (Fsp3) is 0.926. The molecule has 2 aliphatic carbocycles. The number of hydrogen-bond donors (Lipinski definition) is 2. The highest BCUT2D eigenvalue weighted by molar-refractivity contribution is 5.79. The second-order valence-corrected chi connectivity index (χ2v) is 12.8. The molecule has 0 aromatic rings. The van der Waals surface area contributed by atoms with Crippen LogP contribution in [0.4, 0.5) is 0 Å². The molecule has 2 amide bonds. The minimum absolute atomic E-state index is 0.0363. The van der Waals surface area contributed by atoms with Crippen LogP contribution in [0.1, 0.15) is 86.5 Å². The van der Waals surface area contributed by atoms with Crippen LogP contribution in [-0.2, 0) is 14.3 Å². The Hall–Kier alpha value is -1.14. The average Bonchev–Trinajstić information content (AvgIpc) is 3.16. The lowest BCUT2D eigenvalue weighted by Crippen LogP contribution is -2.59. The van der Waals surface area contributed by atoms with Crippen LogP contribution in [0.25, 0.3) is 0 Å². The third-order valence-electron chi connectivity index (χ3n) is 8.98. The Morgan fingerprint density at radius 1 is 1.21 bits per heavy atom. The molecule has 8 atom stereocenters. The van der Waals surface area contributed by atoms with Crippen LogP contribution in [-0.4, -0.2) is 60.3 Å². The van der Waals surface area contributed by atoms with E-state index in [1.54, 1.807) is 7.11 Å².